The molecule has 1 aromatic rings. The van der Waals surface area contributed by atoms with E-state index in [1.165, 1.54) is 10.4 Å². The van der Waals surface area contributed by atoms with Crippen LogP contribution in [0.5, 0.6) is 0 Å². The molecule has 1 atom stereocenters. The van der Waals surface area contributed by atoms with Gasteiger partial charge >= 0.3 is 0 Å². The van der Waals surface area contributed by atoms with E-state index >= 15 is 0 Å². The van der Waals surface area contributed by atoms with Crippen LogP contribution in [-0.4, -0.2) is 68.9 Å². The van der Waals surface area contributed by atoms with Gasteiger partial charge in [-0.3, -0.25) is 4.79 Å². The van der Waals surface area contributed by atoms with Crippen LogP contribution in [0.3, 0.4) is 0 Å². The molecule has 9 heteroatoms. The number of amides is 1. The molecule has 28 heavy (non-hydrogen) atoms. The maximum atomic E-state index is 12.5. The molecule has 1 aromatic heterocycles. The van der Waals surface area contributed by atoms with E-state index in [1.54, 1.807) is 11.3 Å². The van der Waals surface area contributed by atoms with Crippen molar-refractivity contribution >= 4 is 47.2 Å². The summed E-state index contributed by atoms with van der Waals surface area (Å²) in [5, 5.41) is 8.57. The van der Waals surface area contributed by atoms with Gasteiger partial charge in [-0.05, 0) is 43.2 Å². The highest BCUT2D eigenvalue weighted by Gasteiger charge is 2.21. The summed E-state index contributed by atoms with van der Waals surface area (Å²) < 4.78 is 11.1. The summed E-state index contributed by atoms with van der Waals surface area (Å²) >= 11 is 1.78. The van der Waals surface area contributed by atoms with E-state index < -0.39 is 0 Å². The Morgan fingerprint density at radius 2 is 2.36 bits per heavy atom. The smallest absolute Gasteiger partial charge is 0.244 e. The van der Waals surface area contributed by atoms with Crippen molar-refractivity contribution < 1.29 is 14.3 Å². The summed E-state index contributed by atoms with van der Waals surface area (Å²) in [6, 6.07) is 2.12. The number of ether oxygens (including phenoxy) is 2. The third kappa shape index (κ3) is 7.16. The maximum Gasteiger partial charge on any atom is 0.244 e. The van der Waals surface area contributed by atoms with Crippen molar-refractivity contribution in [1.82, 2.24) is 15.5 Å². The first-order chi connectivity index (χ1) is 13.3. The minimum Gasteiger partial charge on any atom is -0.379 e. The SMILES string of the molecule is CCNC(=NCC(=O)N1CCc2sccc2C1)NCCCOC1CCOC1.I. The van der Waals surface area contributed by atoms with Gasteiger partial charge in [-0.15, -0.1) is 35.3 Å². The first-order valence-corrected chi connectivity index (χ1v) is 10.7. The van der Waals surface area contributed by atoms with Crippen LogP contribution in [0.2, 0.25) is 0 Å². The van der Waals surface area contributed by atoms with Crippen molar-refractivity contribution in [3.63, 3.8) is 0 Å². The van der Waals surface area contributed by atoms with E-state index in [2.05, 4.69) is 27.1 Å². The number of hydrogen-bond acceptors (Lipinski definition) is 5. The lowest BCUT2D eigenvalue weighted by Crippen LogP contribution is -2.40. The lowest BCUT2D eigenvalue weighted by Gasteiger charge is -2.26. The summed E-state index contributed by atoms with van der Waals surface area (Å²) in [5.74, 6) is 0.761. The number of nitrogens with one attached hydrogen (secondary N) is 2. The molecule has 1 fully saturated rings. The van der Waals surface area contributed by atoms with Crippen molar-refractivity contribution in [3.8, 4) is 0 Å². The van der Waals surface area contributed by atoms with E-state index in [9.17, 15) is 4.79 Å². The molecular weight excluding hydrogens is 491 g/mol. The Morgan fingerprint density at radius 1 is 1.46 bits per heavy atom. The maximum absolute atomic E-state index is 12.5. The second-order valence-corrected chi connectivity index (χ2v) is 7.77. The number of guanidine groups is 1. The lowest BCUT2D eigenvalue weighted by atomic mass is 10.1. The summed E-state index contributed by atoms with van der Waals surface area (Å²) in [4.78, 5) is 20.3. The van der Waals surface area contributed by atoms with E-state index in [0.29, 0.717) is 25.7 Å². The molecule has 158 valence electrons. The molecule has 1 unspecified atom stereocenters. The number of thiophene rings is 1. The highest BCUT2D eigenvalue weighted by atomic mass is 127. The standard InChI is InChI=1S/C19H30N4O3S.HI/c1-2-20-19(21-7-3-9-26-16-5-10-25-14-16)22-12-18(24)23-8-4-17-15(13-23)6-11-27-17;/h6,11,16H,2-5,7-10,12-14H2,1H3,(H2,20,21,22);1H. The molecule has 2 aliphatic heterocycles. The second-order valence-electron chi connectivity index (χ2n) is 6.77. The summed E-state index contributed by atoms with van der Waals surface area (Å²) in [5.41, 5.74) is 1.28. The van der Waals surface area contributed by atoms with Crippen molar-refractivity contribution in [2.24, 2.45) is 4.99 Å². The Hall–Kier alpha value is -0.910. The fourth-order valence-electron chi connectivity index (χ4n) is 3.22. The summed E-state index contributed by atoms with van der Waals surface area (Å²) in [7, 11) is 0. The summed E-state index contributed by atoms with van der Waals surface area (Å²) in [6.07, 6.45) is 3.08. The van der Waals surface area contributed by atoms with E-state index in [1.807, 2.05) is 11.8 Å². The van der Waals surface area contributed by atoms with Crippen LogP contribution >= 0.6 is 35.3 Å². The fourth-order valence-corrected chi connectivity index (χ4v) is 4.11. The number of halogens is 1. The Balaban J connectivity index is 0.00000280. The van der Waals surface area contributed by atoms with Gasteiger partial charge in [0.15, 0.2) is 5.96 Å². The zero-order chi connectivity index (χ0) is 18.9. The number of nitrogens with zero attached hydrogens (tertiary/aromatic N) is 2. The number of rotatable bonds is 8. The Bertz CT molecular complexity index is 634. The Morgan fingerprint density at radius 3 is 3.14 bits per heavy atom. The molecule has 3 heterocycles. The molecular formula is C19H31IN4O3S. The molecule has 0 radical (unpaired) electrons. The fraction of sp³-hybridized carbons (Fsp3) is 0.684. The third-order valence-corrected chi connectivity index (χ3v) is 5.76. The summed E-state index contributed by atoms with van der Waals surface area (Å²) in [6.45, 7) is 7.43. The van der Waals surface area contributed by atoms with E-state index in [-0.39, 0.29) is 42.5 Å². The molecule has 2 N–H and O–H groups in total. The monoisotopic (exact) mass is 522 g/mol. The average Bonchev–Trinajstić information content (AvgIpc) is 3.36. The average molecular weight is 522 g/mol. The van der Waals surface area contributed by atoms with Crippen molar-refractivity contribution in [3.05, 3.63) is 21.9 Å². The number of fused-ring (bicyclic) bond motifs is 1. The van der Waals surface area contributed by atoms with Gasteiger partial charge in [0.05, 0.1) is 12.7 Å². The molecule has 0 saturated carbocycles. The van der Waals surface area contributed by atoms with Crippen LogP contribution < -0.4 is 10.6 Å². The Kier molecular flexibility index (Phi) is 10.5. The topological polar surface area (TPSA) is 75.2 Å². The zero-order valence-corrected chi connectivity index (χ0v) is 19.6. The number of carbonyl (C=O) groups excluding carboxylic acids is 1. The lowest BCUT2D eigenvalue weighted by molar-refractivity contribution is -0.130. The number of carbonyl (C=O) groups is 1. The highest BCUT2D eigenvalue weighted by molar-refractivity contribution is 14.0. The second kappa shape index (κ2) is 12.6. The van der Waals surface area contributed by atoms with E-state index in [4.69, 9.17) is 9.47 Å². The van der Waals surface area contributed by atoms with Gasteiger partial charge < -0.3 is 25.0 Å². The normalized spacial score (nSPS) is 19.1. The molecule has 7 nitrogen and oxygen atoms in total. The molecule has 1 amide bonds. The van der Waals surface area contributed by atoms with Crippen molar-refractivity contribution in [1.29, 1.82) is 0 Å². The molecule has 0 bridgehead atoms. The first kappa shape index (κ1) is 23.4. The van der Waals surface area contributed by atoms with Gasteiger partial charge in [-0.25, -0.2) is 4.99 Å². The quantitative estimate of drug-likeness (QED) is 0.237. The molecule has 0 aliphatic carbocycles. The van der Waals surface area contributed by atoms with Crippen molar-refractivity contribution in [2.45, 2.75) is 38.8 Å². The van der Waals surface area contributed by atoms with Crippen LogP contribution in [0, 0.1) is 0 Å². The van der Waals surface area contributed by atoms with Crippen LogP contribution in [0.4, 0.5) is 0 Å². The highest BCUT2D eigenvalue weighted by Crippen LogP contribution is 2.23. The number of aliphatic imine (C=N–C) groups is 1. The molecule has 0 aromatic carbocycles. The zero-order valence-electron chi connectivity index (χ0n) is 16.4. The van der Waals surface area contributed by atoms with Gasteiger partial charge in [0.25, 0.3) is 0 Å². The van der Waals surface area contributed by atoms with Gasteiger partial charge in [0, 0.05) is 44.3 Å². The van der Waals surface area contributed by atoms with E-state index in [0.717, 1.165) is 45.5 Å². The van der Waals surface area contributed by atoms with Gasteiger partial charge in [-0.1, -0.05) is 0 Å². The predicted molar refractivity (Wildman–Crippen MR) is 123 cm³/mol. The van der Waals surface area contributed by atoms with Crippen LogP contribution in [0.1, 0.15) is 30.2 Å². The Labute approximate surface area is 188 Å². The van der Waals surface area contributed by atoms with Crippen LogP contribution in [0.25, 0.3) is 0 Å². The predicted octanol–water partition coefficient (Wildman–Crippen LogP) is 2.00. The minimum atomic E-state index is 0. The minimum absolute atomic E-state index is 0. The number of hydrogen-bond donors (Lipinski definition) is 2. The van der Waals surface area contributed by atoms with Gasteiger partial charge in [-0.2, -0.15) is 0 Å². The molecule has 2 aliphatic rings. The van der Waals surface area contributed by atoms with Crippen LogP contribution in [-0.2, 0) is 27.2 Å². The molecule has 0 spiro atoms. The van der Waals surface area contributed by atoms with Crippen LogP contribution in [0.15, 0.2) is 16.4 Å². The molecule has 3 rings (SSSR count). The van der Waals surface area contributed by atoms with Gasteiger partial charge in [0.1, 0.15) is 6.54 Å². The van der Waals surface area contributed by atoms with Crippen molar-refractivity contribution in [2.75, 3.05) is 46.0 Å². The molecule has 1 saturated heterocycles. The largest absolute Gasteiger partial charge is 0.379 e. The first-order valence-electron chi connectivity index (χ1n) is 9.80. The third-order valence-electron chi connectivity index (χ3n) is 4.73. The van der Waals surface area contributed by atoms with Gasteiger partial charge in [0.2, 0.25) is 5.91 Å².